The average molecular weight is 327 g/mol. The zero-order valence-electron chi connectivity index (χ0n) is 14.6. The first-order valence-corrected chi connectivity index (χ1v) is 7.70. The van der Waals surface area contributed by atoms with Crippen LogP contribution in [0, 0.1) is 6.92 Å². The summed E-state index contributed by atoms with van der Waals surface area (Å²) in [6.07, 6.45) is 0. The number of anilines is 1. The third-order valence-electron chi connectivity index (χ3n) is 4.19. The summed E-state index contributed by atoms with van der Waals surface area (Å²) >= 11 is 0. The van der Waals surface area contributed by atoms with Crippen molar-refractivity contribution < 1.29 is 0 Å². The molecule has 3 rings (SSSR count). The highest BCUT2D eigenvalue weighted by Crippen LogP contribution is 2.19. The topological polar surface area (TPSA) is 65.1 Å². The van der Waals surface area contributed by atoms with Crippen molar-refractivity contribution in [2.75, 3.05) is 19.0 Å². The van der Waals surface area contributed by atoms with Gasteiger partial charge in [-0.1, -0.05) is 29.8 Å². The molecule has 0 radical (unpaired) electrons. The molecule has 0 saturated carbocycles. The van der Waals surface area contributed by atoms with E-state index in [0.29, 0.717) is 23.7 Å². The zero-order chi connectivity index (χ0) is 17.6. The lowest BCUT2D eigenvalue weighted by Gasteiger charge is -2.15. The SMILES string of the molecule is Cc1ccc(Cn2c(N(C)C)nc3c2c(=O)n(C)c(=O)n3C)cc1. The summed E-state index contributed by atoms with van der Waals surface area (Å²) < 4.78 is 4.40. The van der Waals surface area contributed by atoms with Gasteiger partial charge < -0.3 is 4.90 Å². The third-order valence-corrected chi connectivity index (χ3v) is 4.19. The number of aromatic nitrogens is 4. The molecule has 1 aromatic carbocycles. The van der Waals surface area contributed by atoms with Crippen molar-refractivity contribution in [3.63, 3.8) is 0 Å². The molecule has 7 nitrogen and oxygen atoms in total. The number of rotatable bonds is 3. The average Bonchev–Trinajstić information content (AvgIpc) is 2.92. The predicted molar refractivity (Wildman–Crippen MR) is 94.8 cm³/mol. The number of nitrogens with zero attached hydrogens (tertiary/aromatic N) is 5. The second kappa shape index (κ2) is 5.67. The fraction of sp³-hybridized carbons (Fsp3) is 0.353. The van der Waals surface area contributed by atoms with Gasteiger partial charge in [0.05, 0.1) is 6.54 Å². The molecule has 0 N–H and O–H groups in total. The van der Waals surface area contributed by atoms with Crippen LogP contribution in [0.1, 0.15) is 11.1 Å². The molecular formula is C17H21N5O2. The van der Waals surface area contributed by atoms with Crippen LogP contribution in [0.4, 0.5) is 5.95 Å². The quantitative estimate of drug-likeness (QED) is 0.716. The Bertz CT molecular complexity index is 1020. The van der Waals surface area contributed by atoms with Gasteiger partial charge in [0.2, 0.25) is 5.95 Å². The molecule has 24 heavy (non-hydrogen) atoms. The van der Waals surface area contributed by atoms with Crippen molar-refractivity contribution in [1.82, 2.24) is 18.7 Å². The Labute approximate surface area is 139 Å². The van der Waals surface area contributed by atoms with Crippen LogP contribution in [0.3, 0.4) is 0 Å². The smallest absolute Gasteiger partial charge is 0.332 e. The summed E-state index contributed by atoms with van der Waals surface area (Å²) in [5.74, 6) is 0.642. The molecule has 2 heterocycles. The first kappa shape index (κ1) is 16.0. The van der Waals surface area contributed by atoms with E-state index in [1.54, 1.807) is 7.05 Å². The molecule has 0 atom stereocenters. The maximum Gasteiger partial charge on any atom is 0.332 e. The highest BCUT2D eigenvalue weighted by atomic mass is 16.2. The fourth-order valence-corrected chi connectivity index (χ4v) is 2.80. The van der Waals surface area contributed by atoms with Crippen LogP contribution in [0.15, 0.2) is 33.9 Å². The molecule has 0 aliphatic rings. The summed E-state index contributed by atoms with van der Waals surface area (Å²) in [6.45, 7) is 2.55. The van der Waals surface area contributed by atoms with Crippen molar-refractivity contribution in [3.8, 4) is 0 Å². The van der Waals surface area contributed by atoms with Gasteiger partial charge >= 0.3 is 5.69 Å². The van der Waals surface area contributed by atoms with E-state index in [-0.39, 0.29) is 11.2 Å². The minimum atomic E-state index is -0.377. The van der Waals surface area contributed by atoms with Gasteiger partial charge in [-0.3, -0.25) is 18.5 Å². The zero-order valence-corrected chi connectivity index (χ0v) is 14.6. The summed E-state index contributed by atoms with van der Waals surface area (Å²) in [6, 6.07) is 8.15. The molecule has 2 aromatic heterocycles. The first-order valence-electron chi connectivity index (χ1n) is 7.70. The van der Waals surface area contributed by atoms with Gasteiger partial charge in [-0.2, -0.15) is 4.98 Å². The molecular weight excluding hydrogens is 306 g/mol. The van der Waals surface area contributed by atoms with Crippen LogP contribution in [-0.2, 0) is 20.6 Å². The largest absolute Gasteiger partial charge is 0.348 e. The lowest BCUT2D eigenvalue weighted by molar-refractivity contribution is 0.702. The van der Waals surface area contributed by atoms with Gasteiger partial charge in [-0.05, 0) is 12.5 Å². The van der Waals surface area contributed by atoms with Gasteiger partial charge in [0.15, 0.2) is 11.2 Å². The van der Waals surface area contributed by atoms with Crippen molar-refractivity contribution in [2.45, 2.75) is 13.5 Å². The van der Waals surface area contributed by atoms with E-state index in [1.807, 2.05) is 54.8 Å². The molecule has 0 spiro atoms. The lowest BCUT2D eigenvalue weighted by atomic mass is 10.1. The molecule has 0 saturated heterocycles. The van der Waals surface area contributed by atoms with Gasteiger partial charge in [0.1, 0.15) is 0 Å². The lowest BCUT2D eigenvalue weighted by Crippen LogP contribution is -2.37. The minimum Gasteiger partial charge on any atom is -0.348 e. The van der Waals surface area contributed by atoms with Crippen molar-refractivity contribution in [1.29, 1.82) is 0 Å². The van der Waals surface area contributed by atoms with Crippen molar-refractivity contribution in [3.05, 3.63) is 56.2 Å². The molecule has 0 bridgehead atoms. The fourth-order valence-electron chi connectivity index (χ4n) is 2.80. The van der Waals surface area contributed by atoms with E-state index in [1.165, 1.54) is 17.2 Å². The molecule has 0 aliphatic heterocycles. The summed E-state index contributed by atoms with van der Waals surface area (Å²) in [4.78, 5) is 31.2. The Morgan fingerprint density at radius 2 is 1.67 bits per heavy atom. The van der Waals surface area contributed by atoms with E-state index in [9.17, 15) is 9.59 Å². The van der Waals surface area contributed by atoms with E-state index >= 15 is 0 Å². The molecule has 0 unspecified atom stereocenters. The van der Waals surface area contributed by atoms with Crippen LogP contribution in [0.5, 0.6) is 0 Å². The minimum absolute atomic E-state index is 0.333. The maximum absolute atomic E-state index is 12.7. The molecule has 7 heteroatoms. The molecule has 3 aromatic rings. The Balaban J connectivity index is 2.32. The summed E-state index contributed by atoms with van der Waals surface area (Å²) in [5.41, 5.74) is 2.38. The number of imidazole rings is 1. The van der Waals surface area contributed by atoms with E-state index in [4.69, 9.17) is 0 Å². The van der Waals surface area contributed by atoms with Gasteiger partial charge in [-0.15, -0.1) is 0 Å². The van der Waals surface area contributed by atoms with Crippen molar-refractivity contribution in [2.24, 2.45) is 14.1 Å². The third kappa shape index (κ3) is 2.42. The van der Waals surface area contributed by atoms with Gasteiger partial charge in [-0.25, -0.2) is 4.79 Å². The molecule has 0 amide bonds. The normalized spacial score (nSPS) is 11.2. The highest BCUT2D eigenvalue weighted by Gasteiger charge is 2.20. The van der Waals surface area contributed by atoms with Gasteiger partial charge in [0.25, 0.3) is 5.56 Å². The Kier molecular flexibility index (Phi) is 3.79. The van der Waals surface area contributed by atoms with E-state index in [0.717, 1.165) is 10.1 Å². The number of benzene rings is 1. The monoisotopic (exact) mass is 327 g/mol. The maximum atomic E-state index is 12.7. The summed E-state index contributed by atoms with van der Waals surface area (Å²) in [5, 5.41) is 0. The van der Waals surface area contributed by atoms with Crippen LogP contribution < -0.4 is 16.1 Å². The van der Waals surface area contributed by atoms with Crippen LogP contribution in [0.2, 0.25) is 0 Å². The number of aryl methyl sites for hydroxylation is 2. The number of fused-ring (bicyclic) bond motifs is 1. The highest BCUT2D eigenvalue weighted by molar-refractivity contribution is 5.74. The standard InChI is InChI=1S/C17H21N5O2/c1-11-6-8-12(9-7-11)10-22-13-14(18-16(22)19(2)3)20(4)17(24)21(5)15(13)23/h6-9H,10H2,1-5H3. The van der Waals surface area contributed by atoms with Crippen LogP contribution in [0.25, 0.3) is 11.2 Å². The molecule has 126 valence electrons. The number of hydrogen-bond acceptors (Lipinski definition) is 4. The Hall–Kier alpha value is -2.83. The van der Waals surface area contributed by atoms with Crippen LogP contribution >= 0.6 is 0 Å². The molecule has 0 fully saturated rings. The Morgan fingerprint density at radius 3 is 2.25 bits per heavy atom. The molecule has 0 aliphatic carbocycles. The second-order valence-corrected chi connectivity index (χ2v) is 6.26. The van der Waals surface area contributed by atoms with E-state index < -0.39 is 0 Å². The Morgan fingerprint density at radius 1 is 1.04 bits per heavy atom. The van der Waals surface area contributed by atoms with Gasteiger partial charge in [0, 0.05) is 28.2 Å². The summed E-state index contributed by atoms with van der Waals surface area (Å²) in [7, 11) is 6.86. The second-order valence-electron chi connectivity index (χ2n) is 6.26. The first-order chi connectivity index (χ1) is 11.3. The number of hydrogen-bond donors (Lipinski definition) is 0. The van der Waals surface area contributed by atoms with Crippen molar-refractivity contribution >= 4 is 17.1 Å². The predicted octanol–water partition coefficient (Wildman–Crippen LogP) is 0.856. The van der Waals surface area contributed by atoms with E-state index in [2.05, 4.69) is 4.98 Å². The van der Waals surface area contributed by atoms with Crippen LogP contribution in [-0.4, -0.2) is 32.8 Å².